The van der Waals surface area contributed by atoms with Crippen LogP contribution in [0.4, 0.5) is 4.39 Å². The van der Waals surface area contributed by atoms with Crippen molar-refractivity contribution < 1.29 is 22.3 Å². The predicted octanol–water partition coefficient (Wildman–Crippen LogP) is 2.81. The molecule has 1 N–H and O–H groups in total. The molecule has 7 heteroatoms. The summed E-state index contributed by atoms with van der Waals surface area (Å²) in [7, 11) is -2.49. The van der Waals surface area contributed by atoms with Crippen molar-refractivity contribution in [3.63, 3.8) is 0 Å². The first kappa shape index (κ1) is 18.2. The van der Waals surface area contributed by atoms with Crippen molar-refractivity contribution in [1.29, 1.82) is 0 Å². The van der Waals surface area contributed by atoms with Crippen LogP contribution >= 0.6 is 0 Å². The first-order chi connectivity index (χ1) is 11.3. The molecule has 0 aromatic heterocycles. The van der Waals surface area contributed by atoms with Gasteiger partial charge >= 0.3 is 0 Å². The van der Waals surface area contributed by atoms with E-state index in [1.807, 2.05) is 32.0 Å². The molecule has 0 saturated heterocycles. The summed E-state index contributed by atoms with van der Waals surface area (Å²) in [6, 6.07) is 9.24. The van der Waals surface area contributed by atoms with Gasteiger partial charge in [-0.3, -0.25) is 0 Å². The number of benzene rings is 2. The van der Waals surface area contributed by atoms with E-state index in [-0.39, 0.29) is 23.8 Å². The molecule has 0 spiro atoms. The second-order valence-corrected chi connectivity index (χ2v) is 7.08. The molecule has 0 unspecified atom stereocenters. The summed E-state index contributed by atoms with van der Waals surface area (Å²) >= 11 is 0. The largest absolute Gasteiger partial charge is 0.494 e. The molecule has 0 atom stereocenters. The van der Waals surface area contributed by atoms with Crippen LogP contribution in [0.3, 0.4) is 0 Å². The number of aryl methyl sites for hydroxylation is 2. The maximum Gasteiger partial charge on any atom is 0.240 e. The smallest absolute Gasteiger partial charge is 0.240 e. The second-order valence-electron chi connectivity index (χ2n) is 5.31. The third-order valence-electron chi connectivity index (χ3n) is 3.42. The summed E-state index contributed by atoms with van der Waals surface area (Å²) in [4.78, 5) is -0.160. The molecule has 0 radical (unpaired) electrons. The average molecular weight is 353 g/mol. The van der Waals surface area contributed by atoms with E-state index in [0.717, 1.165) is 17.2 Å². The fraction of sp³-hybridized carbons (Fsp3) is 0.294. The van der Waals surface area contributed by atoms with E-state index >= 15 is 0 Å². The normalized spacial score (nSPS) is 11.3. The number of halogens is 1. The van der Waals surface area contributed by atoms with Crippen molar-refractivity contribution in [3.8, 4) is 11.5 Å². The van der Waals surface area contributed by atoms with Gasteiger partial charge in [0.15, 0.2) is 11.6 Å². The molecule has 5 nitrogen and oxygen atoms in total. The topological polar surface area (TPSA) is 64.6 Å². The van der Waals surface area contributed by atoms with Crippen LogP contribution in [0.25, 0.3) is 0 Å². The second kappa shape index (κ2) is 7.63. The highest BCUT2D eigenvalue weighted by atomic mass is 32.2. The number of hydrogen-bond acceptors (Lipinski definition) is 4. The number of methoxy groups -OCH3 is 1. The van der Waals surface area contributed by atoms with Crippen molar-refractivity contribution in [2.75, 3.05) is 20.3 Å². The minimum Gasteiger partial charge on any atom is -0.494 e. The molecule has 0 saturated carbocycles. The van der Waals surface area contributed by atoms with Crippen molar-refractivity contribution in [3.05, 3.63) is 53.3 Å². The van der Waals surface area contributed by atoms with E-state index in [9.17, 15) is 12.8 Å². The van der Waals surface area contributed by atoms with E-state index < -0.39 is 15.8 Å². The molecule has 0 fully saturated rings. The fourth-order valence-corrected chi connectivity index (χ4v) is 3.22. The minimum atomic E-state index is -3.80. The number of hydrogen-bond donors (Lipinski definition) is 1. The molecule has 24 heavy (non-hydrogen) atoms. The zero-order valence-corrected chi connectivity index (χ0v) is 14.6. The van der Waals surface area contributed by atoms with Crippen molar-refractivity contribution in [2.24, 2.45) is 0 Å². The van der Waals surface area contributed by atoms with Gasteiger partial charge in [0.25, 0.3) is 0 Å². The van der Waals surface area contributed by atoms with Crippen LogP contribution in [-0.2, 0) is 10.0 Å². The van der Waals surface area contributed by atoms with Crippen LogP contribution < -0.4 is 14.2 Å². The van der Waals surface area contributed by atoms with Gasteiger partial charge < -0.3 is 9.47 Å². The first-order valence-electron chi connectivity index (χ1n) is 7.37. The molecule has 2 aromatic rings. The lowest BCUT2D eigenvalue weighted by Crippen LogP contribution is -2.28. The first-order valence-corrected chi connectivity index (χ1v) is 8.85. The highest BCUT2D eigenvalue weighted by Crippen LogP contribution is 2.21. The molecule has 2 aromatic carbocycles. The van der Waals surface area contributed by atoms with Gasteiger partial charge in [0.1, 0.15) is 12.4 Å². The summed E-state index contributed by atoms with van der Waals surface area (Å²) in [6.07, 6.45) is 0. The molecule has 0 heterocycles. The van der Waals surface area contributed by atoms with Gasteiger partial charge in [0, 0.05) is 6.54 Å². The standard InChI is InChI=1S/C17H20FNO4S/c1-12-4-6-16(13(2)10-12)23-9-8-19-24(20,21)14-5-7-17(22-3)15(18)11-14/h4-7,10-11,19H,8-9H2,1-3H3. The van der Waals surface area contributed by atoms with E-state index in [1.54, 1.807) is 0 Å². The molecular weight excluding hydrogens is 333 g/mol. The van der Waals surface area contributed by atoms with Crippen LogP contribution in [0.5, 0.6) is 11.5 Å². The Hall–Kier alpha value is -2.12. The Kier molecular flexibility index (Phi) is 5.80. The molecule has 0 bridgehead atoms. The number of rotatable bonds is 7. The lowest BCUT2D eigenvalue weighted by Gasteiger charge is -2.11. The fourth-order valence-electron chi connectivity index (χ4n) is 2.20. The minimum absolute atomic E-state index is 0.00729. The summed E-state index contributed by atoms with van der Waals surface area (Å²) in [5.41, 5.74) is 2.11. The summed E-state index contributed by atoms with van der Waals surface area (Å²) < 4.78 is 50.6. The van der Waals surface area contributed by atoms with E-state index in [0.29, 0.717) is 5.75 Å². The Labute approximate surface area is 141 Å². The van der Waals surface area contributed by atoms with Crippen LogP contribution in [0.15, 0.2) is 41.3 Å². The molecule has 2 rings (SSSR count). The Bertz CT molecular complexity index is 821. The van der Waals surface area contributed by atoms with Crippen LogP contribution in [0.2, 0.25) is 0 Å². The van der Waals surface area contributed by atoms with Gasteiger partial charge in [0.05, 0.1) is 12.0 Å². The van der Waals surface area contributed by atoms with Crippen LogP contribution in [-0.4, -0.2) is 28.7 Å². The highest BCUT2D eigenvalue weighted by molar-refractivity contribution is 7.89. The van der Waals surface area contributed by atoms with E-state index in [1.165, 1.54) is 19.2 Å². The van der Waals surface area contributed by atoms with E-state index in [2.05, 4.69) is 4.72 Å². The van der Waals surface area contributed by atoms with Crippen molar-refractivity contribution in [1.82, 2.24) is 4.72 Å². The van der Waals surface area contributed by atoms with Crippen LogP contribution in [0, 0.1) is 19.7 Å². The maximum absolute atomic E-state index is 13.6. The third-order valence-corrected chi connectivity index (χ3v) is 4.87. The quantitative estimate of drug-likeness (QED) is 0.778. The molecular formula is C17H20FNO4S. The molecule has 130 valence electrons. The number of ether oxygens (including phenoxy) is 2. The lowest BCUT2D eigenvalue weighted by atomic mass is 10.1. The third kappa shape index (κ3) is 4.46. The number of sulfonamides is 1. The molecule has 0 aliphatic carbocycles. The van der Waals surface area contributed by atoms with Crippen molar-refractivity contribution in [2.45, 2.75) is 18.7 Å². The van der Waals surface area contributed by atoms with Gasteiger partial charge in [-0.2, -0.15) is 0 Å². The molecule has 0 aliphatic rings. The summed E-state index contributed by atoms with van der Waals surface area (Å²) in [5, 5.41) is 0. The van der Waals surface area contributed by atoms with E-state index in [4.69, 9.17) is 9.47 Å². The Morgan fingerprint density at radius 1 is 1.08 bits per heavy atom. The molecule has 0 amide bonds. The van der Waals surface area contributed by atoms with Gasteiger partial charge in [0.2, 0.25) is 10.0 Å². The van der Waals surface area contributed by atoms with Gasteiger partial charge in [-0.25, -0.2) is 17.5 Å². The monoisotopic (exact) mass is 353 g/mol. The lowest BCUT2D eigenvalue weighted by molar-refractivity contribution is 0.320. The number of nitrogens with one attached hydrogen (secondary N) is 1. The SMILES string of the molecule is COc1ccc(S(=O)(=O)NCCOc2ccc(C)cc2C)cc1F. The molecule has 0 aliphatic heterocycles. The van der Waals surface area contributed by atoms with Crippen molar-refractivity contribution >= 4 is 10.0 Å². The summed E-state index contributed by atoms with van der Waals surface area (Å²) in [5.74, 6) is -0.0330. The van der Waals surface area contributed by atoms with Gasteiger partial charge in [-0.1, -0.05) is 17.7 Å². The maximum atomic E-state index is 13.6. The Morgan fingerprint density at radius 2 is 1.79 bits per heavy atom. The highest BCUT2D eigenvalue weighted by Gasteiger charge is 2.16. The zero-order valence-electron chi connectivity index (χ0n) is 13.8. The Balaban J connectivity index is 1.94. The Morgan fingerprint density at radius 3 is 2.42 bits per heavy atom. The predicted molar refractivity (Wildman–Crippen MR) is 89.6 cm³/mol. The van der Waals surface area contributed by atoms with Gasteiger partial charge in [-0.05, 0) is 43.7 Å². The zero-order chi connectivity index (χ0) is 17.7. The average Bonchev–Trinajstić information content (AvgIpc) is 2.53. The van der Waals surface area contributed by atoms with Gasteiger partial charge in [-0.15, -0.1) is 0 Å². The summed E-state index contributed by atoms with van der Waals surface area (Å²) in [6.45, 7) is 4.15. The van der Waals surface area contributed by atoms with Crippen LogP contribution in [0.1, 0.15) is 11.1 Å².